The van der Waals surface area contributed by atoms with Crippen molar-refractivity contribution in [3.8, 4) is 0 Å². The summed E-state index contributed by atoms with van der Waals surface area (Å²) in [4.78, 5) is 46.0. The number of carbonyl (C=O) groups excluding carboxylic acids is 1. The molecular weight excluding hydrogens is 344 g/mol. The van der Waals surface area contributed by atoms with Crippen molar-refractivity contribution in [3.05, 3.63) is 73.7 Å². The molecule has 0 aliphatic rings. The number of H-pyrrole nitrogens is 2. The average Bonchev–Trinajstić information content (AvgIpc) is 2.61. The Labute approximate surface area is 155 Å². The summed E-state index contributed by atoms with van der Waals surface area (Å²) in [5, 5.41) is 3.33. The lowest BCUT2D eigenvalue weighted by Gasteiger charge is -2.08. The molecule has 0 unspecified atom stereocenters. The molecule has 3 rings (SSSR count). The van der Waals surface area contributed by atoms with Crippen LogP contribution in [0.25, 0.3) is 10.9 Å². The van der Waals surface area contributed by atoms with E-state index in [1.807, 2.05) is 26.0 Å². The molecule has 0 aliphatic heterocycles. The fourth-order valence-electron chi connectivity index (χ4n) is 3.05. The number of para-hydroxylation sites is 1. The van der Waals surface area contributed by atoms with E-state index in [2.05, 4.69) is 20.3 Å². The van der Waals surface area contributed by atoms with Gasteiger partial charge in [-0.2, -0.15) is 0 Å². The number of amides is 1. The lowest BCUT2D eigenvalue weighted by molar-refractivity contribution is -0.121. The number of benzene rings is 1. The summed E-state index contributed by atoms with van der Waals surface area (Å²) in [5.74, 6) is 0.426. The summed E-state index contributed by atoms with van der Waals surface area (Å²) >= 11 is 0. The zero-order chi connectivity index (χ0) is 19.4. The Morgan fingerprint density at radius 3 is 2.67 bits per heavy atom. The molecule has 2 heterocycles. The van der Waals surface area contributed by atoms with E-state index >= 15 is 0 Å². The molecule has 0 atom stereocenters. The molecule has 2 aromatic heterocycles. The molecule has 1 amide bonds. The predicted octanol–water partition coefficient (Wildman–Crippen LogP) is 1.87. The van der Waals surface area contributed by atoms with E-state index in [1.54, 1.807) is 18.2 Å². The van der Waals surface area contributed by atoms with Gasteiger partial charge in [0.05, 0.1) is 10.9 Å². The maximum Gasteiger partial charge on any atom is 0.258 e. The number of hydrogen-bond donors (Lipinski definition) is 3. The molecule has 0 fully saturated rings. The van der Waals surface area contributed by atoms with E-state index in [4.69, 9.17) is 0 Å². The van der Waals surface area contributed by atoms with E-state index in [9.17, 15) is 14.4 Å². The zero-order valence-electron chi connectivity index (χ0n) is 15.4. The van der Waals surface area contributed by atoms with E-state index in [0.717, 1.165) is 11.3 Å². The van der Waals surface area contributed by atoms with Crippen LogP contribution in [0.5, 0.6) is 0 Å². The molecule has 0 saturated heterocycles. The van der Waals surface area contributed by atoms with Gasteiger partial charge in [0.2, 0.25) is 5.91 Å². The molecule has 3 N–H and O–H groups in total. The average molecular weight is 366 g/mol. The molecule has 0 spiro atoms. The Balaban J connectivity index is 1.54. The third-order valence-electron chi connectivity index (χ3n) is 4.44. The van der Waals surface area contributed by atoms with Crippen LogP contribution in [0.3, 0.4) is 0 Å². The normalized spacial score (nSPS) is 10.9. The van der Waals surface area contributed by atoms with Gasteiger partial charge in [-0.25, -0.2) is 4.98 Å². The van der Waals surface area contributed by atoms with Gasteiger partial charge in [0.25, 0.3) is 11.1 Å². The molecule has 0 radical (unpaired) electrons. The quantitative estimate of drug-likeness (QED) is 0.619. The number of pyridine rings is 1. The van der Waals surface area contributed by atoms with E-state index in [-0.39, 0.29) is 23.6 Å². The van der Waals surface area contributed by atoms with Crippen LogP contribution < -0.4 is 16.4 Å². The van der Waals surface area contributed by atoms with Crippen molar-refractivity contribution in [2.45, 2.75) is 39.7 Å². The number of rotatable bonds is 6. The van der Waals surface area contributed by atoms with Gasteiger partial charge in [0.1, 0.15) is 5.82 Å². The van der Waals surface area contributed by atoms with Crippen LogP contribution in [0.4, 0.5) is 0 Å². The van der Waals surface area contributed by atoms with Crippen LogP contribution in [-0.2, 0) is 17.8 Å². The van der Waals surface area contributed by atoms with Gasteiger partial charge in [-0.05, 0) is 44.0 Å². The third-order valence-corrected chi connectivity index (χ3v) is 4.44. The molecule has 7 nitrogen and oxygen atoms in total. The van der Waals surface area contributed by atoms with Gasteiger partial charge in [-0.15, -0.1) is 0 Å². The minimum Gasteiger partial charge on any atom is -0.352 e. The number of aryl methyl sites for hydroxylation is 3. The lowest BCUT2D eigenvalue weighted by Crippen LogP contribution is -2.27. The van der Waals surface area contributed by atoms with Crippen LogP contribution in [0.2, 0.25) is 0 Å². The van der Waals surface area contributed by atoms with Crippen LogP contribution in [0.15, 0.2) is 39.9 Å². The van der Waals surface area contributed by atoms with Gasteiger partial charge in [0, 0.05) is 30.6 Å². The first-order valence-corrected chi connectivity index (χ1v) is 8.88. The third kappa shape index (κ3) is 4.49. The van der Waals surface area contributed by atoms with Crippen molar-refractivity contribution in [1.82, 2.24) is 20.3 Å². The topological polar surface area (TPSA) is 108 Å². The number of aromatic amines is 2. The highest BCUT2D eigenvalue weighted by molar-refractivity contribution is 5.77. The van der Waals surface area contributed by atoms with Gasteiger partial charge >= 0.3 is 0 Å². The monoisotopic (exact) mass is 366 g/mol. The lowest BCUT2D eigenvalue weighted by atomic mass is 10.1. The predicted molar refractivity (Wildman–Crippen MR) is 104 cm³/mol. The van der Waals surface area contributed by atoms with Crippen molar-refractivity contribution in [2.75, 3.05) is 0 Å². The summed E-state index contributed by atoms with van der Waals surface area (Å²) in [5.41, 5.74) is 2.52. The molecule has 27 heavy (non-hydrogen) atoms. The number of hydrogen-bond acceptors (Lipinski definition) is 4. The first-order chi connectivity index (χ1) is 12.9. The standard InChI is InChI=1S/C20H22N4O3/c1-12-10-13(2)22-20(27)15(12)11-21-18(25)9-5-8-17-23-16-7-4-3-6-14(16)19(26)24-17/h3-4,6-7,10H,5,8-9,11H2,1-2H3,(H,21,25)(H,22,27)(H,23,24,26). The van der Waals surface area contributed by atoms with Crippen LogP contribution >= 0.6 is 0 Å². The fourth-order valence-corrected chi connectivity index (χ4v) is 3.05. The van der Waals surface area contributed by atoms with Crippen molar-refractivity contribution < 1.29 is 4.79 Å². The van der Waals surface area contributed by atoms with Crippen molar-refractivity contribution in [3.63, 3.8) is 0 Å². The summed E-state index contributed by atoms with van der Waals surface area (Å²) in [7, 11) is 0. The first-order valence-electron chi connectivity index (χ1n) is 8.88. The van der Waals surface area contributed by atoms with Crippen LogP contribution in [-0.4, -0.2) is 20.9 Å². The van der Waals surface area contributed by atoms with Crippen LogP contribution in [0, 0.1) is 13.8 Å². The van der Waals surface area contributed by atoms with Crippen molar-refractivity contribution in [1.29, 1.82) is 0 Å². The van der Waals surface area contributed by atoms with E-state index < -0.39 is 0 Å². The number of nitrogens with one attached hydrogen (secondary N) is 3. The highest BCUT2D eigenvalue weighted by Crippen LogP contribution is 2.07. The van der Waals surface area contributed by atoms with Gasteiger partial charge in [-0.3, -0.25) is 14.4 Å². The van der Waals surface area contributed by atoms with Gasteiger partial charge in [0.15, 0.2) is 0 Å². The van der Waals surface area contributed by atoms with Gasteiger partial charge in [-0.1, -0.05) is 12.1 Å². The van der Waals surface area contributed by atoms with E-state index in [0.29, 0.717) is 41.6 Å². The maximum absolute atomic E-state index is 12.1. The molecule has 1 aromatic carbocycles. The zero-order valence-corrected chi connectivity index (χ0v) is 15.4. The molecular formula is C20H22N4O3. The summed E-state index contributed by atoms with van der Waals surface area (Å²) in [6, 6.07) is 9.03. The summed E-state index contributed by atoms with van der Waals surface area (Å²) < 4.78 is 0. The Morgan fingerprint density at radius 2 is 1.89 bits per heavy atom. The minimum atomic E-state index is -0.175. The Hall–Kier alpha value is -3.22. The highest BCUT2D eigenvalue weighted by Gasteiger charge is 2.09. The fraction of sp³-hybridized carbons (Fsp3) is 0.300. The Morgan fingerprint density at radius 1 is 1.11 bits per heavy atom. The van der Waals surface area contributed by atoms with Gasteiger partial charge < -0.3 is 15.3 Å². The van der Waals surface area contributed by atoms with E-state index in [1.165, 1.54) is 0 Å². The largest absolute Gasteiger partial charge is 0.352 e. The second-order valence-corrected chi connectivity index (χ2v) is 6.60. The Bertz CT molecular complexity index is 1100. The summed E-state index contributed by atoms with van der Waals surface area (Å²) in [6.45, 7) is 3.87. The number of carbonyl (C=O) groups is 1. The second-order valence-electron chi connectivity index (χ2n) is 6.60. The molecule has 7 heteroatoms. The van der Waals surface area contributed by atoms with Crippen molar-refractivity contribution >= 4 is 16.8 Å². The number of nitrogens with zero attached hydrogens (tertiary/aromatic N) is 1. The summed E-state index contributed by atoms with van der Waals surface area (Å²) in [6.07, 6.45) is 1.34. The van der Waals surface area contributed by atoms with Crippen molar-refractivity contribution in [2.24, 2.45) is 0 Å². The molecule has 3 aromatic rings. The molecule has 0 saturated carbocycles. The van der Waals surface area contributed by atoms with Crippen LogP contribution in [0.1, 0.15) is 35.5 Å². The Kier molecular flexibility index (Phi) is 5.49. The minimum absolute atomic E-state index is 0.141. The number of aromatic nitrogens is 3. The highest BCUT2D eigenvalue weighted by atomic mass is 16.2. The molecule has 0 bridgehead atoms. The number of fused-ring (bicyclic) bond motifs is 1. The SMILES string of the molecule is Cc1cc(C)c(CNC(=O)CCCc2nc3ccccc3c(=O)[nH]2)c(=O)[nH]1. The maximum atomic E-state index is 12.1. The second kappa shape index (κ2) is 7.99. The molecule has 0 aliphatic carbocycles. The molecule has 140 valence electrons. The smallest absolute Gasteiger partial charge is 0.258 e. The first kappa shape index (κ1) is 18.6.